The molecule has 1 amide bonds. The number of morpholine rings is 1. The van der Waals surface area contributed by atoms with E-state index in [1.165, 1.54) is 0 Å². The number of aliphatic carboxylic acids is 1. The van der Waals surface area contributed by atoms with Gasteiger partial charge in [-0.15, -0.1) is 0 Å². The number of aryl methyl sites for hydroxylation is 1. The van der Waals surface area contributed by atoms with Crippen LogP contribution in [0.1, 0.15) is 35.3 Å². The van der Waals surface area contributed by atoms with Crippen molar-refractivity contribution < 1.29 is 19.4 Å². The third-order valence-electron chi connectivity index (χ3n) is 4.11. The second kappa shape index (κ2) is 5.85. The van der Waals surface area contributed by atoms with Crippen molar-refractivity contribution in [2.24, 2.45) is 0 Å². The van der Waals surface area contributed by atoms with Crippen molar-refractivity contribution in [3.63, 3.8) is 0 Å². The molecule has 2 aliphatic heterocycles. The molecule has 0 saturated carbocycles. The minimum absolute atomic E-state index is 0.0881. The van der Waals surface area contributed by atoms with Crippen LogP contribution in [0.4, 0.5) is 0 Å². The van der Waals surface area contributed by atoms with E-state index in [0.29, 0.717) is 18.7 Å². The standard InChI is InChI=1S/C14H19N3O4/c18-13(19)7-10-9-21-6-5-16(10)14(20)11-8-15-17-4-2-1-3-12(11)17/h8,10H,1-7,9H2,(H,18,19). The molecule has 1 unspecified atom stereocenters. The van der Waals surface area contributed by atoms with Crippen LogP contribution in [0.3, 0.4) is 0 Å². The second-order valence-electron chi connectivity index (χ2n) is 5.51. The maximum absolute atomic E-state index is 12.7. The predicted octanol–water partition coefficient (Wildman–Crippen LogP) is 0.535. The van der Waals surface area contributed by atoms with E-state index in [9.17, 15) is 9.59 Å². The molecule has 2 aliphatic rings. The first-order valence-electron chi connectivity index (χ1n) is 7.32. The van der Waals surface area contributed by atoms with Crippen LogP contribution in [-0.2, 0) is 22.5 Å². The third kappa shape index (κ3) is 2.78. The van der Waals surface area contributed by atoms with Gasteiger partial charge >= 0.3 is 5.97 Å². The summed E-state index contributed by atoms with van der Waals surface area (Å²) in [5.74, 6) is -1.03. The number of aromatic nitrogens is 2. The quantitative estimate of drug-likeness (QED) is 0.879. The Morgan fingerprint density at radius 1 is 1.38 bits per heavy atom. The minimum Gasteiger partial charge on any atom is -0.481 e. The molecule has 0 radical (unpaired) electrons. The van der Waals surface area contributed by atoms with Gasteiger partial charge in [0.2, 0.25) is 0 Å². The SMILES string of the molecule is O=C(O)CC1COCCN1C(=O)c1cnn2c1CCCC2. The lowest BCUT2D eigenvalue weighted by Crippen LogP contribution is -2.49. The number of carboxylic acids is 1. The Kier molecular flexibility index (Phi) is 3.92. The molecule has 114 valence electrons. The molecule has 7 heteroatoms. The van der Waals surface area contributed by atoms with E-state index in [-0.39, 0.29) is 18.9 Å². The highest BCUT2D eigenvalue weighted by atomic mass is 16.5. The van der Waals surface area contributed by atoms with E-state index < -0.39 is 12.0 Å². The van der Waals surface area contributed by atoms with Gasteiger partial charge in [0.05, 0.1) is 43.1 Å². The largest absolute Gasteiger partial charge is 0.481 e. The zero-order valence-electron chi connectivity index (χ0n) is 11.8. The lowest BCUT2D eigenvalue weighted by molar-refractivity contribution is -0.139. The predicted molar refractivity (Wildman–Crippen MR) is 73.1 cm³/mol. The van der Waals surface area contributed by atoms with Crippen molar-refractivity contribution >= 4 is 11.9 Å². The van der Waals surface area contributed by atoms with Crippen LogP contribution >= 0.6 is 0 Å². The molecule has 1 aromatic rings. The van der Waals surface area contributed by atoms with Crippen molar-refractivity contribution in [2.45, 2.75) is 38.3 Å². The average molecular weight is 293 g/mol. The lowest BCUT2D eigenvalue weighted by Gasteiger charge is -2.35. The van der Waals surface area contributed by atoms with E-state index in [1.807, 2.05) is 4.68 Å². The first-order chi connectivity index (χ1) is 10.2. The molecule has 1 N–H and O–H groups in total. The zero-order valence-corrected chi connectivity index (χ0v) is 11.8. The summed E-state index contributed by atoms with van der Waals surface area (Å²) >= 11 is 0. The minimum atomic E-state index is -0.916. The molecule has 21 heavy (non-hydrogen) atoms. The van der Waals surface area contributed by atoms with E-state index in [2.05, 4.69) is 5.10 Å². The van der Waals surface area contributed by atoms with E-state index in [1.54, 1.807) is 11.1 Å². The summed E-state index contributed by atoms with van der Waals surface area (Å²) in [5.41, 5.74) is 1.60. The maximum Gasteiger partial charge on any atom is 0.305 e. The molecule has 3 heterocycles. The van der Waals surface area contributed by atoms with Crippen molar-refractivity contribution in [2.75, 3.05) is 19.8 Å². The third-order valence-corrected chi connectivity index (χ3v) is 4.11. The van der Waals surface area contributed by atoms with Crippen LogP contribution in [-0.4, -0.2) is 57.5 Å². The van der Waals surface area contributed by atoms with Crippen LogP contribution in [0.5, 0.6) is 0 Å². The Morgan fingerprint density at radius 2 is 2.24 bits per heavy atom. The summed E-state index contributed by atoms with van der Waals surface area (Å²) in [5, 5.41) is 13.3. The average Bonchev–Trinajstić information content (AvgIpc) is 2.90. The highest BCUT2D eigenvalue weighted by molar-refractivity contribution is 5.95. The smallest absolute Gasteiger partial charge is 0.305 e. The number of fused-ring (bicyclic) bond motifs is 1. The number of ether oxygens (including phenoxy) is 1. The van der Waals surface area contributed by atoms with Gasteiger partial charge in [-0.25, -0.2) is 0 Å². The lowest BCUT2D eigenvalue weighted by atomic mass is 10.0. The maximum atomic E-state index is 12.7. The van der Waals surface area contributed by atoms with Crippen molar-refractivity contribution in [1.29, 1.82) is 0 Å². The van der Waals surface area contributed by atoms with E-state index in [0.717, 1.165) is 31.5 Å². The summed E-state index contributed by atoms with van der Waals surface area (Å²) in [6, 6.07) is -0.400. The Bertz CT molecular complexity index is 554. The molecular formula is C14H19N3O4. The number of rotatable bonds is 3. The van der Waals surface area contributed by atoms with Gasteiger partial charge < -0.3 is 14.7 Å². The number of carboxylic acid groups (broad SMARTS) is 1. The second-order valence-corrected chi connectivity index (χ2v) is 5.51. The highest BCUT2D eigenvalue weighted by Gasteiger charge is 2.32. The molecule has 1 saturated heterocycles. The summed E-state index contributed by atoms with van der Waals surface area (Å²) in [6.07, 6.45) is 4.54. The van der Waals surface area contributed by atoms with Crippen LogP contribution in [0.2, 0.25) is 0 Å². The normalized spacial score (nSPS) is 21.9. The molecule has 1 fully saturated rings. The number of hydrogen-bond donors (Lipinski definition) is 1. The first kappa shape index (κ1) is 14.1. The molecule has 0 spiro atoms. The number of hydrogen-bond acceptors (Lipinski definition) is 4. The molecule has 3 rings (SSSR count). The Balaban J connectivity index is 1.82. The fourth-order valence-corrected chi connectivity index (χ4v) is 3.05. The van der Waals surface area contributed by atoms with Gasteiger partial charge in [-0.2, -0.15) is 5.10 Å². The molecule has 1 aromatic heterocycles. The summed E-state index contributed by atoms with van der Waals surface area (Å²) in [6.45, 7) is 2.01. The summed E-state index contributed by atoms with van der Waals surface area (Å²) < 4.78 is 7.21. The van der Waals surface area contributed by atoms with Gasteiger partial charge in [0, 0.05) is 13.1 Å². The molecule has 7 nitrogen and oxygen atoms in total. The Hall–Kier alpha value is -1.89. The summed E-state index contributed by atoms with van der Waals surface area (Å²) in [7, 11) is 0. The Labute approximate surface area is 122 Å². The number of amides is 1. The molecular weight excluding hydrogens is 274 g/mol. The van der Waals surface area contributed by atoms with Crippen LogP contribution in [0.15, 0.2) is 6.20 Å². The fourth-order valence-electron chi connectivity index (χ4n) is 3.05. The van der Waals surface area contributed by atoms with Gasteiger partial charge in [0.1, 0.15) is 0 Å². The zero-order chi connectivity index (χ0) is 14.8. The van der Waals surface area contributed by atoms with Crippen molar-refractivity contribution in [3.05, 3.63) is 17.5 Å². The van der Waals surface area contributed by atoms with Crippen molar-refractivity contribution in [1.82, 2.24) is 14.7 Å². The number of carbonyl (C=O) groups is 2. The fraction of sp³-hybridized carbons (Fsp3) is 0.643. The van der Waals surface area contributed by atoms with Gasteiger partial charge in [-0.05, 0) is 19.3 Å². The van der Waals surface area contributed by atoms with Gasteiger partial charge in [-0.1, -0.05) is 0 Å². The summed E-state index contributed by atoms with van der Waals surface area (Å²) in [4.78, 5) is 25.3. The van der Waals surface area contributed by atoms with Crippen LogP contribution in [0, 0.1) is 0 Å². The highest BCUT2D eigenvalue weighted by Crippen LogP contribution is 2.22. The van der Waals surface area contributed by atoms with Crippen LogP contribution in [0.25, 0.3) is 0 Å². The van der Waals surface area contributed by atoms with Crippen molar-refractivity contribution in [3.8, 4) is 0 Å². The topological polar surface area (TPSA) is 84.7 Å². The van der Waals surface area contributed by atoms with Gasteiger partial charge in [0.15, 0.2) is 0 Å². The first-order valence-corrected chi connectivity index (χ1v) is 7.32. The number of nitrogens with zero attached hydrogens (tertiary/aromatic N) is 3. The monoisotopic (exact) mass is 293 g/mol. The number of carbonyl (C=O) groups excluding carboxylic acids is 1. The molecule has 1 atom stereocenters. The molecule has 0 aromatic carbocycles. The van der Waals surface area contributed by atoms with E-state index >= 15 is 0 Å². The van der Waals surface area contributed by atoms with E-state index in [4.69, 9.17) is 9.84 Å². The molecule has 0 bridgehead atoms. The van der Waals surface area contributed by atoms with Crippen LogP contribution < -0.4 is 0 Å². The molecule has 0 aliphatic carbocycles. The Morgan fingerprint density at radius 3 is 3.05 bits per heavy atom. The van der Waals surface area contributed by atoms with Gasteiger partial charge in [0.25, 0.3) is 5.91 Å². The van der Waals surface area contributed by atoms with Gasteiger partial charge in [-0.3, -0.25) is 14.3 Å².